The normalized spacial score (nSPS) is 11.8. The molecule has 0 bridgehead atoms. The maximum Gasteiger partial charge on any atom is 0.183 e. The fourth-order valence-corrected chi connectivity index (χ4v) is 1.11. The second kappa shape index (κ2) is 3.04. The molecule has 0 amide bonds. The Kier molecular flexibility index (Phi) is 3.01. The maximum atomic E-state index is 10.3. The molecule has 0 aromatic rings. The molecule has 0 saturated carbocycles. The Bertz CT molecular complexity index is 135. The van der Waals surface area contributed by atoms with Crippen molar-refractivity contribution in [1.82, 2.24) is 0 Å². The van der Waals surface area contributed by atoms with Gasteiger partial charge >= 0.3 is 0 Å². The first-order valence-electron chi connectivity index (χ1n) is 2.41. The van der Waals surface area contributed by atoms with Gasteiger partial charge in [0, 0.05) is 0 Å². The summed E-state index contributed by atoms with van der Waals surface area (Å²) in [5, 5.41) is 9.75. The van der Waals surface area contributed by atoms with Crippen LogP contribution in [0.3, 0.4) is 0 Å². The van der Waals surface area contributed by atoms with Crippen molar-refractivity contribution in [2.45, 2.75) is 13.3 Å². The average Bonchev–Trinajstić information content (AvgIpc) is 1.67. The highest BCUT2D eigenvalue weighted by atomic mass is 32.2. The summed E-state index contributed by atoms with van der Waals surface area (Å²) in [6.07, 6.45) is 0.532. The molecule has 0 N–H and O–H groups in total. The Morgan fingerprint density at radius 2 is 1.88 bits per heavy atom. The molecule has 3 nitrogen and oxygen atoms in total. The van der Waals surface area contributed by atoms with E-state index in [-0.39, 0.29) is 5.75 Å². The highest BCUT2D eigenvalue weighted by Crippen LogP contribution is 1.89. The predicted molar refractivity (Wildman–Crippen MR) is 29.6 cm³/mol. The van der Waals surface area contributed by atoms with Crippen molar-refractivity contribution >= 4 is 9.84 Å². The molecule has 0 saturated heterocycles. The van der Waals surface area contributed by atoms with Gasteiger partial charge < -0.3 is 0 Å². The van der Waals surface area contributed by atoms with Crippen molar-refractivity contribution in [3.63, 3.8) is 0 Å². The monoisotopic (exact) mass is 137 g/mol. The first-order chi connectivity index (χ1) is 3.62. The summed E-state index contributed by atoms with van der Waals surface area (Å²) in [5.41, 5.74) is 0. The number of rotatable bonds is 3. The molecule has 0 aromatic carbocycles. The predicted octanol–water partition coefficient (Wildman–Crippen LogP) is 0.199. The number of hydrogen-bond donors (Lipinski definition) is 0. The minimum Gasteiger partial charge on any atom is -0.226 e. The summed E-state index contributed by atoms with van der Waals surface area (Å²) >= 11 is 0. The molecule has 0 heterocycles. The number of hydrogen-bond acceptors (Lipinski definition) is 2. The lowest BCUT2D eigenvalue weighted by atomic mass is 10.6. The lowest BCUT2D eigenvalue weighted by Crippen LogP contribution is -2.07. The third kappa shape index (κ3) is 2.98. The minimum absolute atomic E-state index is 0.0243. The standard InChI is InChI=1S/C4H9O3S/c1-2-3-8(6,7)4-5/h2-4H2,1H3. The van der Waals surface area contributed by atoms with Gasteiger partial charge in [-0.1, -0.05) is 6.92 Å². The average molecular weight is 137 g/mol. The maximum absolute atomic E-state index is 10.3. The molecule has 0 aliphatic carbocycles. The molecule has 0 unspecified atom stereocenters. The van der Waals surface area contributed by atoms with Gasteiger partial charge in [-0.15, -0.1) is 0 Å². The van der Waals surface area contributed by atoms with Crippen LogP contribution in [0, 0.1) is 0 Å². The largest absolute Gasteiger partial charge is 0.226 e. The zero-order valence-corrected chi connectivity index (χ0v) is 5.57. The summed E-state index contributed by atoms with van der Waals surface area (Å²) in [7, 11) is -3.23. The Labute approximate surface area is 49.3 Å². The van der Waals surface area contributed by atoms with Crippen molar-refractivity contribution in [1.29, 1.82) is 0 Å². The van der Waals surface area contributed by atoms with Gasteiger partial charge in [0.2, 0.25) is 0 Å². The first kappa shape index (κ1) is 7.91. The van der Waals surface area contributed by atoms with E-state index in [9.17, 15) is 13.5 Å². The van der Waals surface area contributed by atoms with Crippen molar-refractivity contribution in [3.05, 3.63) is 0 Å². The van der Waals surface area contributed by atoms with Crippen LogP contribution < -0.4 is 0 Å². The van der Waals surface area contributed by atoms with Gasteiger partial charge in [0.15, 0.2) is 15.8 Å². The van der Waals surface area contributed by atoms with Crippen LogP contribution in [0.2, 0.25) is 0 Å². The van der Waals surface area contributed by atoms with Gasteiger partial charge in [0.25, 0.3) is 0 Å². The molecule has 1 radical (unpaired) electrons. The summed E-state index contributed by atoms with van der Waals surface area (Å²) in [6.45, 7) is 1.73. The Balaban J connectivity index is 3.76. The molecule has 49 valence electrons. The number of sulfone groups is 1. The van der Waals surface area contributed by atoms with Crippen molar-refractivity contribution in [2.24, 2.45) is 0 Å². The van der Waals surface area contributed by atoms with Crippen LogP contribution in [0.25, 0.3) is 0 Å². The SMILES string of the molecule is CCCS(=O)(=O)C[O]. The third-order valence-corrected chi connectivity index (χ3v) is 2.08. The van der Waals surface area contributed by atoms with Crippen LogP contribution in [-0.2, 0) is 14.9 Å². The summed E-state index contributed by atoms with van der Waals surface area (Å²) in [5.74, 6) is -0.947. The van der Waals surface area contributed by atoms with Crippen LogP contribution in [0.15, 0.2) is 0 Å². The van der Waals surface area contributed by atoms with Crippen molar-refractivity contribution < 1.29 is 13.5 Å². The highest BCUT2D eigenvalue weighted by molar-refractivity contribution is 7.91. The van der Waals surface area contributed by atoms with E-state index in [0.29, 0.717) is 6.42 Å². The summed E-state index contributed by atoms with van der Waals surface area (Å²) in [6, 6.07) is 0. The van der Waals surface area contributed by atoms with E-state index in [4.69, 9.17) is 0 Å². The van der Waals surface area contributed by atoms with Crippen LogP contribution >= 0.6 is 0 Å². The lowest BCUT2D eigenvalue weighted by molar-refractivity contribution is 0.250. The quantitative estimate of drug-likeness (QED) is 0.558. The van der Waals surface area contributed by atoms with Crippen molar-refractivity contribution in [3.8, 4) is 0 Å². The third-order valence-electron chi connectivity index (χ3n) is 0.695. The Morgan fingerprint density at radius 1 is 1.38 bits per heavy atom. The highest BCUT2D eigenvalue weighted by Gasteiger charge is 2.05. The lowest BCUT2D eigenvalue weighted by Gasteiger charge is -1.91. The Hall–Kier alpha value is -0.0900. The smallest absolute Gasteiger partial charge is 0.183 e. The molecule has 0 rings (SSSR count). The van der Waals surface area contributed by atoms with Crippen LogP contribution in [0.1, 0.15) is 13.3 Å². The van der Waals surface area contributed by atoms with E-state index in [1.54, 1.807) is 6.92 Å². The van der Waals surface area contributed by atoms with Crippen LogP contribution in [0.5, 0.6) is 0 Å². The molecule has 4 heteroatoms. The fourth-order valence-electron chi connectivity index (χ4n) is 0.370. The van der Waals surface area contributed by atoms with Gasteiger partial charge in [-0.25, -0.2) is 13.5 Å². The fraction of sp³-hybridized carbons (Fsp3) is 1.00. The van der Waals surface area contributed by atoms with Gasteiger partial charge in [-0.05, 0) is 6.42 Å². The molecule has 0 fully saturated rings. The molecule has 0 aliphatic rings. The van der Waals surface area contributed by atoms with Gasteiger partial charge in [0.05, 0.1) is 5.75 Å². The molecule has 0 atom stereocenters. The summed E-state index contributed by atoms with van der Waals surface area (Å²) in [4.78, 5) is 0. The van der Waals surface area contributed by atoms with E-state index >= 15 is 0 Å². The second-order valence-electron chi connectivity index (χ2n) is 1.57. The minimum atomic E-state index is -3.23. The van der Waals surface area contributed by atoms with Crippen LogP contribution in [-0.4, -0.2) is 20.1 Å². The zero-order valence-electron chi connectivity index (χ0n) is 4.75. The molecule has 0 spiro atoms. The van der Waals surface area contributed by atoms with E-state index in [1.807, 2.05) is 0 Å². The second-order valence-corrected chi connectivity index (χ2v) is 3.70. The molecule has 0 aliphatic heterocycles. The molecule has 0 aromatic heterocycles. The van der Waals surface area contributed by atoms with Crippen LogP contribution in [0.4, 0.5) is 0 Å². The van der Waals surface area contributed by atoms with E-state index in [1.165, 1.54) is 0 Å². The molecule has 8 heavy (non-hydrogen) atoms. The van der Waals surface area contributed by atoms with E-state index in [2.05, 4.69) is 0 Å². The van der Waals surface area contributed by atoms with E-state index < -0.39 is 15.8 Å². The van der Waals surface area contributed by atoms with Crippen molar-refractivity contribution in [2.75, 3.05) is 11.7 Å². The summed E-state index contributed by atoms with van der Waals surface area (Å²) < 4.78 is 20.6. The Morgan fingerprint density at radius 3 is 2.00 bits per heavy atom. The first-order valence-corrected chi connectivity index (χ1v) is 4.23. The zero-order chi connectivity index (χ0) is 6.62. The topological polar surface area (TPSA) is 54.0 Å². The molecular formula is C4H9O3S. The van der Waals surface area contributed by atoms with Gasteiger partial charge in [-0.3, -0.25) is 0 Å². The van der Waals surface area contributed by atoms with Gasteiger partial charge in [-0.2, -0.15) is 0 Å². The van der Waals surface area contributed by atoms with Gasteiger partial charge in [0.1, 0.15) is 0 Å². The molecular weight excluding hydrogens is 128 g/mol. The van der Waals surface area contributed by atoms with E-state index in [0.717, 1.165) is 0 Å².